The molecule has 1 unspecified atom stereocenters. The second-order valence-corrected chi connectivity index (χ2v) is 5.63. The fourth-order valence-corrected chi connectivity index (χ4v) is 2.88. The van der Waals surface area contributed by atoms with Crippen LogP contribution in [0.15, 0.2) is 36.9 Å². The van der Waals surface area contributed by atoms with Gasteiger partial charge in [0, 0.05) is 17.7 Å². The monoisotopic (exact) mass is 251 g/mol. The van der Waals surface area contributed by atoms with Gasteiger partial charge in [-0.25, -0.2) is 4.98 Å². The van der Waals surface area contributed by atoms with Gasteiger partial charge >= 0.3 is 0 Å². The quantitative estimate of drug-likeness (QED) is 0.584. The number of fused-ring (bicyclic) bond motifs is 1. The highest BCUT2D eigenvalue weighted by atomic mass is 35.5. The lowest BCUT2D eigenvalue weighted by Crippen LogP contribution is -2.18. The van der Waals surface area contributed by atoms with Crippen molar-refractivity contribution in [2.45, 2.75) is 13.3 Å². The van der Waals surface area contributed by atoms with E-state index in [1.807, 2.05) is 24.3 Å². The number of rotatable bonds is 4. The first kappa shape index (κ1) is 11.6. The molecule has 0 radical (unpaired) electrons. The van der Waals surface area contributed by atoms with Crippen molar-refractivity contribution in [1.29, 1.82) is 0 Å². The van der Waals surface area contributed by atoms with E-state index in [1.165, 1.54) is 4.70 Å². The van der Waals surface area contributed by atoms with E-state index in [2.05, 4.69) is 24.6 Å². The van der Waals surface area contributed by atoms with E-state index in [1.54, 1.807) is 11.3 Å². The largest absolute Gasteiger partial charge is 0.241 e. The molecule has 0 aliphatic rings. The number of hydrogen-bond donors (Lipinski definition) is 0. The molecule has 0 spiro atoms. The van der Waals surface area contributed by atoms with Crippen LogP contribution in [0.4, 0.5) is 0 Å². The number of hydrogen-bond acceptors (Lipinski definition) is 2. The highest BCUT2D eigenvalue weighted by Crippen LogP contribution is 2.30. The second kappa shape index (κ2) is 4.56. The van der Waals surface area contributed by atoms with Crippen LogP contribution in [0.2, 0.25) is 0 Å². The first-order chi connectivity index (χ1) is 7.67. The van der Waals surface area contributed by atoms with Crippen molar-refractivity contribution >= 4 is 33.2 Å². The number of allylic oxidation sites excluding steroid dienone is 1. The molecule has 0 saturated carbocycles. The van der Waals surface area contributed by atoms with Crippen LogP contribution in [0, 0.1) is 5.41 Å². The second-order valence-electron chi connectivity index (χ2n) is 4.24. The molecule has 1 aromatic carbocycles. The predicted octanol–water partition coefficient (Wildman–Crippen LogP) is 4.27. The van der Waals surface area contributed by atoms with Gasteiger partial charge in [0.05, 0.1) is 15.2 Å². The first-order valence-corrected chi connectivity index (χ1v) is 6.56. The summed E-state index contributed by atoms with van der Waals surface area (Å²) in [7, 11) is 0. The zero-order valence-corrected chi connectivity index (χ0v) is 10.8. The van der Waals surface area contributed by atoms with Gasteiger partial charge < -0.3 is 0 Å². The lowest BCUT2D eigenvalue weighted by atomic mass is 9.90. The molecule has 2 aromatic rings. The van der Waals surface area contributed by atoms with Gasteiger partial charge in [0.2, 0.25) is 0 Å². The maximum absolute atomic E-state index is 5.96. The molecule has 0 aliphatic carbocycles. The molecular formula is C13H14ClNS. The van der Waals surface area contributed by atoms with Crippen LogP contribution in [0.25, 0.3) is 10.2 Å². The molecule has 3 heteroatoms. The van der Waals surface area contributed by atoms with Gasteiger partial charge in [-0.05, 0) is 12.1 Å². The number of para-hydroxylation sites is 1. The molecule has 2 rings (SSSR count). The molecular weight excluding hydrogens is 238 g/mol. The Balaban J connectivity index is 2.31. The Kier molecular flexibility index (Phi) is 3.31. The zero-order valence-electron chi connectivity index (χ0n) is 9.24. The van der Waals surface area contributed by atoms with Crippen molar-refractivity contribution < 1.29 is 0 Å². The Morgan fingerprint density at radius 1 is 1.50 bits per heavy atom. The average molecular weight is 252 g/mol. The smallest absolute Gasteiger partial charge is 0.0947 e. The molecule has 1 heterocycles. The van der Waals surface area contributed by atoms with Gasteiger partial charge in [0.15, 0.2) is 0 Å². The van der Waals surface area contributed by atoms with E-state index < -0.39 is 0 Å². The number of thiazole rings is 1. The fourth-order valence-electron chi connectivity index (χ4n) is 1.51. The summed E-state index contributed by atoms with van der Waals surface area (Å²) in [6.45, 7) is 5.96. The number of halogens is 1. The molecule has 0 N–H and O–H groups in total. The van der Waals surface area contributed by atoms with Gasteiger partial charge in [0.25, 0.3) is 0 Å². The van der Waals surface area contributed by atoms with Crippen LogP contribution in [-0.4, -0.2) is 10.9 Å². The van der Waals surface area contributed by atoms with Crippen molar-refractivity contribution in [3.63, 3.8) is 0 Å². The molecule has 1 nitrogen and oxygen atoms in total. The summed E-state index contributed by atoms with van der Waals surface area (Å²) in [6, 6.07) is 8.20. The van der Waals surface area contributed by atoms with Gasteiger partial charge in [0.1, 0.15) is 0 Å². The highest BCUT2D eigenvalue weighted by Gasteiger charge is 2.21. The third kappa shape index (κ3) is 2.28. The lowest BCUT2D eigenvalue weighted by Gasteiger charge is -2.20. The summed E-state index contributed by atoms with van der Waals surface area (Å²) in [4.78, 5) is 4.61. The summed E-state index contributed by atoms with van der Waals surface area (Å²) in [5.74, 6) is 0.576. The van der Waals surface area contributed by atoms with Crippen LogP contribution < -0.4 is 0 Å². The standard InChI is InChI=1S/C13H14ClNS/c1-3-13(2,9-14)8-12-15-10-6-4-5-7-11(10)16-12/h3-7H,1,8-9H2,2H3. The SMILES string of the molecule is C=CC(C)(CCl)Cc1nc2ccccc2s1. The summed E-state index contributed by atoms with van der Waals surface area (Å²) >= 11 is 7.70. The molecule has 0 aliphatic heterocycles. The van der Waals surface area contributed by atoms with Gasteiger partial charge in [-0.2, -0.15) is 0 Å². The molecule has 0 saturated heterocycles. The summed E-state index contributed by atoms with van der Waals surface area (Å²) in [5, 5.41) is 1.13. The molecule has 0 fully saturated rings. The van der Waals surface area contributed by atoms with E-state index in [0.29, 0.717) is 5.88 Å². The minimum atomic E-state index is -0.0601. The van der Waals surface area contributed by atoms with Crippen molar-refractivity contribution in [1.82, 2.24) is 4.98 Å². The summed E-state index contributed by atoms with van der Waals surface area (Å²) in [5.41, 5.74) is 1.01. The Hall–Kier alpha value is -0.860. The third-order valence-corrected chi connectivity index (χ3v) is 4.34. The Morgan fingerprint density at radius 3 is 2.88 bits per heavy atom. The van der Waals surface area contributed by atoms with Gasteiger partial charge in [-0.1, -0.05) is 25.1 Å². The van der Waals surface area contributed by atoms with E-state index in [-0.39, 0.29) is 5.41 Å². The van der Waals surface area contributed by atoms with Crippen LogP contribution in [0.1, 0.15) is 11.9 Å². The van der Waals surface area contributed by atoms with Crippen molar-refractivity contribution in [3.8, 4) is 0 Å². The summed E-state index contributed by atoms with van der Waals surface area (Å²) < 4.78 is 1.23. The summed E-state index contributed by atoms with van der Waals surface area (Å²) in [6.07, 6.45) is 2.78. The third-order valence-electron chi connectivity index (χ3n) is 2.69. The van der Waals surface area contributed by atoms with Crippen molar-refractivity contribution in [3.05, 3.63) is 41.9 Å². The molecule has 1 aromatic heterocycles. The van der Waals surface area contributed by atoms with E-state index >= 15 is 0 Å². The maximum atomic E-state index is 5.96. The number of alkyl halides is 1. The molecule has 1 atom stereocenters. The normalized spacial score (nSPS) is 14.9. The van der Waals surface area contributed by atoms with Gasteiger partial charge in [-0.3, -0.25) is 0 Å². The Bertz CT molecular complexity index is 472. The first-order valence-electron chi connectivity index (χ1n) is 5.21. The molecule has 0 bridgehead atoms. The zero-order chi connectivity index (χ0) is 11.6. The van der Waals surface area contributed by atoms with Crippen LogP contribution in [-0.2, 0) is 6.42 Å². The topological polar surface area (TPSA) is 12.9 Å². The van der Waals surface area contributed by atoms with Crippen molar-refractivity contribution in [2.24, 2.45) is 5.41 Å². The van der Waals surface area contributed by atoms with Crippen LogP contribution >= 0.6 is 22.9 Å². The minimum absolute atomic E-state index is 0.0601. The fraction of sp³-hybridized carbons (Fsp3) is 0.308. The Labute approximate surface area is 105 Å². The van der Waals surface area contributed by atoms with Crippen molar-refractivity contribution in [2.75, 3.05) is 5.88 Å². The lowest BCUT2D eigenvalue weighted by molar-refractivity contribution is 0.485. The molecule has 84 valence electrons. The average Bonchev–Trinajstić information content (AvgIpc) is 2.70. The van der Waals surface area contributed by atoms with Crippen LogP contribution in [0.5, 0.6) is 0 Å². The predicted molar refractivity (Wildman–Crippen MR) is 72.3 cm³/mol. The molecule has 16 heavy (non-hydrogen) atoms. The number of benzene rings is 1. The van der Waals surface area contributed by atoms with Gasteiger partial charge in [-0.15, -0.1) is 29.5 Å². The van der Waals surface area contributed by atoms with E-state index in [4.69, 9.17) is 11.6 Å². The van der Waals surface area contributed by atoms with E-state index in [0.717, 1.165) is 16.9 Å². The Morgan fingerprint density at radius 2 is 2.25 bits per heavy atom. The highest BCUT2D eigenvalue weighted by molar-refractivity contribution is 7.18. The number of aromatic nitrogens is 1. The molecule has 0 amide bonds. The van der Waals surface area contributed by atoms with Crippen LogP contribution in [0.3, 0.4) is 0 Å². The number of nitrogens with zero attached hydrogens (tertiary/aromatic N) is 1. The maximum Gasteiger partial charge on any atom is 0.0947 e. The van der Waals surface area contributed by atoms with E-state index in [9.17, 15) is 0 Å². The minimum Gasteiger partial charge on any atom is -0.241 e.